The van der Waals surface area contributed by atoms with Crippen LogP contribution in [0.3, 0.4) is 0 Å². The fourth-order valence-electron chi connectivity index (χ4n) is 2.12. The Morgan fingerprint density at radius 2 is 2.23 bits per heavy atom. The van der Waals surface area contributed by atoms with Gasteiger partial charge in [-0.05, 0) is 6.92 Å². The molecule has 2 aromatic heterocycles. The van der Waals surface area contributed by atoms with Crippen LogP contribution in [0.15, 0.2) is 37.3 Å². The Morgan fingerprint density at radius 1 is 1.50 bits per heavy atom. The van der Waals surface area contributed by atoms with E-state index in [9.17, 15) is 9.18 Å². The van der Waals surface area contributed by atoms with Gasteiger partial charge in [0.1, 0.15) is 5.82 Å². The number of anilines is 1. The monoisotopic (exact) mass is 302 g/mol. The van der Waals surface area contributed by atoms with Crippen molar-refractivity contribution in [2.75, 3.05) is 11.4 Å². The van der Waals surface area contributed by atoms with E-state index in [4.69, 9.17) is 0 Å². The molecule has 0 aliphatic heterocycles. The molecular weight excluding hydrogens is 283 g/mol. The van der Waals surface area contributed by atoms with Gasteiger partial charge in [-0.25, -0.2) is 9.07 Å². The van der Waals surface area contributed by atoms with Gasteiger partial charge in [0, 0.05) is 18.5 Å². The molecule has 2 aromatic rings. The predicted molar refractivity (Wildman–Crippen MR) is 83.4 cm³/mol. The van der Waals surface area contributed by atoms with Crippen molar-refractivity contribution < 1.29 is 9.18 Å². The number of hydrogen-bond acceptors (Lipinski definition) is 3. The molecule has 0 aliphatic carbocycles. The van der Waals surface area contributed by atoms with Crippen LogP contribution in [0, 0.1) is 18.7 Å². The number of pyridine rings is 1. The number of aromatic nitrogens is 3. The van der Waals surface area contributed by atoms with E-state index in [1.165, 1.54) is 16.9 Å². The first-order valence-corrected chi connectivity index (χ1v) is 7.03. The Bertz CT molecular complexity index is 693. The Hall–Kier alpha value is -2.50. The van der Waals surface area contributed by atoms with Crippen molar-refractivity contribution >= 4 is 11.6 Å². The van der Waals surface area contributed by atoms with Gasteiger partial charge in [-0.3, -0.25) is 9.78 Å². The zero-order valence-electron chi connectivity index (χ0n) is 13.0. The SMILES string of the molecule is C=CCN(C(=O)C(C)C)c1cn(-c2cncc(F)c2)nc1C. The highest BCUT2D eigenvalue weighted by atomic mass is 19.1. The Labute approximate surface area is 129 Å². The number of hydrogen-bond donors (Lipinski definition) is 0. The van der Waals surface area contributed by atoms with Gasteiger partial charge in [-0.1, -0.05) is 19.9 Å². The first kappa shape index (κ1) is 15.9. The third-order valence-electron chi connectivity index (χ3n) is 3.19. The zero-order valence-corrected chi connectivity index (χ0v) is 13.0. The smallest absolute Gasteiger partial charge is 0.229 e. The summed E-state index contributed by atoms with van der Waals surface area (Å²) < 4.78 is 14.8. The number of amides is 1. The minimum atomic E-state index is -0.437. The summed E-state index contributed by atoms with van der Waals surface area (Å²) in [6.07, 6.45) is 6.02. The van der Waals surface area contributed by atoms with Crippen molar-refractivity contribution in [1.29, 1.82) is 0 Å². The summed E-state index contributed by atoms with van der Waals surface area (Å²) in [5.41, 5.74) is 1.87. The summed E-state index contributed by atoms with van der Waals surface area (Å²) in [7, 11) is 0. The molecule has 0 aromatic carbocycles. The van der Waals surface area contributed by atoms with Gasteiger partial charge in [0.2, 0.25) is 5.91 Å². The molecule has 5 nitrogen and oxygen atoms in total. The summed E-state index contributed by atoms with van der Waals surface area (Å²) in [6, 6.07) is 1.34. The minimum absolute atomic E-state index is 0.0140. The quantitative estimate of drug-likeness (QED) is 0.798. The van der Waals surface area contributed by atoms with Gasteiger partial charge in [-0.15, -0.1) is 6.58 Å². The number of aryl methyl sites for hydroxylation is 1. The van der Waals surface area contributed by atoms with E-state index in [1.54, 1.807) is 17.2 Å². The van der Waals surface area contributed by atoms with Crippen LogP contribution in [0.5, 0.6) is 0 Å². The van der Waals surface area contributed by atoms with Gasteiger partial charge < -0.3 is 4.90 Å². The standard InChI is InChI=1S/C16H19FN4O/c1-5-6-20(16(22)11(2)3)15-10-21(19-12(15)4)14-7-13(17)8-18-9-14/h5,7-11H,1,6H2,2-4H3. The maximum atomic E-state index is 13.3. The maximum Gasteiger partial charge on any atom is 0.229 e. The topological polar surface area (TPSA) is 51.0 Å². The van der Waals surface area contributed by atoms with E-state index in [0.717, 1.165) is 6.20 Å². The van der Waals surface area contributed by atoms with Crippen molar-refractivity contribution in [3.8, 4) is 5.69 Å². The molecule has 0 atom stereocenters. The highest BCUT2D eigenvalue weighted by Gasteiger charge is 2.21. The molecule has 0 bridgehead atoms. The Balaban J connectivity index is 2.43. The van der Waals surface area contributed by atoms with Crippen LogP contribution in [0.1, 0.15) is 19.5 Å². The van der Waals surface area contributed by atoms with Crippen molar-refractivity contribution in [3.63, 3.8) is 0 Å². The van der Waals surface area contributed by atoms with Crippen molar-refractivity contribution in [2.45, 2.75) is 20.8 Å². The predicted octanol–water partition coefficient (Wildman–Crippen LogP) is 2.89. The third kappa shape index (κ3) is 3.21. The zero-order chi connectivity index (χ0) is 16.3. The lowest BCUT2D eigenvalue weighted by Gasteiger charge is -2.22. The number of halogens is 1. The molecule has 0 aliphatic rings. The van der Waals surface area contributed by atoms with Crippen molar-refractivity contribution in [3.05, 3.63) is 48.8 Å². The van der Waals surface area contributed by atoms with E-state index < -0.39 is 5.82 Å². The first-order chi connectivity index (χ1) is 10.4. The van der Waals surface area contributed by atoms with Crippen molar-refractivity contribution in [2.24, 2.45) is 5.92 Å². The van der Waals surface area contributed by atoms with Crippen LogP contribution >= 0.6 is 0 Å². The summed E-state index contributed by atoms with van der Waals surface area (Å²) in [6.45, 7) is 9.58. The van der Waals surface area contributed by atoms with E-state index in [1.807, 2.05) is 20.8 Å². The van der Waals surface area contributed by atoms with E-state index in [-0.39, 0.29) is 11.8 Å². The molecule has 1 amide bonds. The van der Waals surface area contributed by atoms with E-state index in [0.29, 0.717) is 23.6 Å². The highest BCUT2D eigenvalue weighted by Crippen LogP contribution is 2.23. The second-order valence-corrected chi connectivity index (χ2v) is 5.30. The van der Waals surface area contributed by atoms with Crippen LogP contribution in [0.2, 0.25) is 0 Å². The van der Waals surface area contributed by atoms with Crippen LogP contribution in [0.25, 0.3) is 5.69 Å². The maximum absolute atomic E-state index is 13.3. The van der Waals surface area contributed by atoms with Gasteiger partial charge in [0.05, 0.1) is 35.7 Å². The third-order valence-corrected chi connectivity index (χ3v) is 3.19. The molecule has 2 rings (SSSR count). The number of rotatable bonds is 5. The summed E-state index contributed by atoms with van der Waals surface area (Å²) in [5, 5.41) is 4.35. The molecule has 0 unspecified atom stereocenters. The number of nitrogens with zero attached hydrogens (tertiary/aromatic N) is 4. The van der Waals surface area contributed by atoms with Crippen LogP contribution in [0.4, 0.5) is 10.1 Å². The second kappa shape index (κ2) is 6.51. The van der Waals surface area contributed by atoms with Gasteiger partial charge in [0.25, 0.3) is 0 Å². The average Bonchev–Trinajstić information content (AvgIpc) is 2.86. The Morgan fingerprint density at radius 3 is 2.82 bits per heavy atom. The molecule has 0 saturated carbocycles. The summed E-state index contributed by atoms with van der Waals surface area (Å²) >= 11 is 0. The fraction of sp³-hybridized carbons (Fsp3) is 0.312. The van der Waals surface area contributed by atoms with Crippen molar-refractivity contribution in [1.82, 2.24) is 14.8 Å². The van der Waals surface area contributed by atoms with Crippen LogP contribution in [-0.2, 0) is 4.79 Å². The average molecular weight is 302 g/mol. The molecule has 0 spiro atoms. The molecule has 0 radical (unpaired) electrons. The molecule has 2 heterocycles. The van der Waals surface area contributed by atoms with Crippen LogP contribution < -0.4 is 4.90 Å². The molecular formula is C16H19FN4O. The molecule has 0 saturated heterocycles. The molecule has 0 fully saturated rings. The van der Waals surface area contributed by atoms with Gasteiger partial charge in [-0.2, -0.15) is 5.10 Å². The van der Waals surface area contributed by atoms with Crippen LogP contribution in [-0.4, -0.2) is 27.2 Å². The minimum Gasteiger partial charge on any atom is -0.305 e. The van der Waals surface area contributed by atoms with Gasteiger partial charge >= 0.3 is 0 Å². The largest absolute Gasteiger partial charge is 0.305 e. The number of carbonyl (C=O) groups is 1. The number of carbonyl (C=O) groups excluding carboxylic acids is 1. The molecule has 0 N–H and O–H groups in total. The lowest BCUT2D eigenvalue weighted by atomic mass is 10.1. The normalized spacial score (nSPS) is 10.8. The second-order valence-electron chi connectivity index (χ2n) is 5.30. The Kier molecular flexibility index (Phi) is 4.70. The lowest BCUT2D eigenvalue weighted by Crippen LogP contribution is -2.34. The highest BCUT2D eigenvalue weighted by molar-refractivity contribution is 5.95. The van der Waals surface area contributed by atoms with E-state index in [2.05, 4.69) is 16.7 Å². The summed E-state index contributed by atoms with van der Waals surface area (Å²) in [4.78, 5) is 17.8. The molecule has 116 valence electrons. The molecule has 6 heteroatoms. The lowest BCUT2D eigenvalue weighted by molar-refractivity contribution is -0.121. The first-order valence-electron chi connectivity index (χ1n) is 7.03. The van der Waals surface area contributed by atoms with E-state index >= 15 is 0 Å². The fourth-order valence-corrected chi connectivity index (χ4v) is 2.12. The van der Waals surface area contributed by atoms with Gasteiger partial charge in [0.15, 0.2) is 0 Å². The summed E-state index contributed by atoms with van der Waals surface area (Å²) in [5.74, 6) is -0.591. The molecule has 22 heavy (non-hydrogen) atoms.